The van der Waals surface area contributed by atoms with Gasteiger partial charge in [0.1, 0.15) is 17.5 Å². The van der Waals surface area contributed by atoms with Crippen LogP contribution in [0.4, 0.5) is 10.1 Å². The average Bonchev–Trinajstić information content (AvgIpc) is 3.16. The van der Waals surface area contributed by atoms with Crippen LogP contribution >= 0.6 is 0 Å². The summed E-state index contributed by atoms with van der Waals surface area (Å²) in [6, 6.07) is 6.70. The molecular formula is C19H25FN2O3. The lowest BCUT2D eigenvalue weighted by atomic mass is 9.90. The van der Waals surface area contributed by atoms with Crippen molar-refractivity contribution < 1.29 is 18.7 Å². The number of carbonyl (C=O) groups excluding carboxylic acids is 1. The second-order valence-electron chi connectivity index (χ2n) is 7.30. The Hall–Kier alpha value is -1.66. The van der Waals surface area contributed by atoms with Crippen LogP contribution < -0.4 is 4.90 Å². The van der Waals surface area contributed by atoms with E-state index >= 15 is 0 Å². The molecule has 1 spiro atoms. The lowest BCUT2D eigenvalue weighted by Crippen LogP contribution is -2.61. The van der Waals surface area contributed by atoms with E-state index in [9.17, 15) is 9.18 Å². The maximum atomic E-state index is 13.6. The van der Waals surface area contributed by atoms with E-state index in [0.29, 0.717) is 32.8 Å². The van der Waals surface area contributed by atoms with Crippen molar-refractivity contribution in [3.63, 3.8) is 0 Å². The Kier molecular flexibility index (Phi) is 4.65. The quantitative estimate of drug-likeness (QED) is 0.822. The second kappa shape index (κ2) is 6.92. The van der Waals surface area contributed by atoms with Gasteiger partial charge in [0.15, 0.2) is 0 Å². The number of halogens is 1. The highest BCUT2D eigenvalue weighted by Crippen LogP contribution is 2.32. The molecule has 4 rings (SSSR count). The summed E-state index contributed by atoms with van der Waals surface area (Å²) in [5, 5.41) is 0. The third kappa shape index (κ3) is 3.51. The number of ether oxygens (including phenoxy) is 2. The summed E-state index contributed by atoms with van der Waals surface area (Å²) >= 11 is 0. The molecule has 5 nitrogen and oxygen atoms in total. The zero-order valence-corrected chi connectivity index (χ0v) is 14.5. The molecule has 3 aliphatic heterocycles. The molecule has 136 valence electrons. The largest absolute Gasteiger partial charge is 0.369 e. The number of carbonyl (C=O) groups is 1. The molecular weight excluding hydrogens is 323 g/mol. The van der Waals surface area contributed by atoms with Crippen LogP contribution in [0.25, 0.3) is 0 Å². The van der Waals surface area contributed by atoms with Gasteiger partial charge in [0.25, 0.3) is 5.91 Å². The lowest BCUT2D eigenvalue weighted by molar-refractivity contribution is -0.160. The van der Waals surface area contributed by atoms with Crippen molar-refractivity contribution in [2.45, 2.75) is 37.4 Å². The number of rotatable bonds is 2. The molecule has 1 aromatic carbocycles. The lowest BCUT2D eigenvalue weighted by Gasteiger charge is -2.48. The molecule has 0 aromatic heterocycles. The van der Waals surface area contributed by atoms with E-state index in [1.54, 1.807) is 12.1 Å². The minimum absolute atomic E-state index is 0.100. The number of hydrogen-bond donors (Lipinski definition) is 0. The number of morpholine rings is 1. The molecule has 3 aliphatic rings. The average molecular weight is 348 g/mol. The smallest absolute Gasteiger partial charge is 0.251 e. The van der Waals surface area contributed by atoms with Gasteiger partial charge in [-0.05, 0) is 43.9 Å². The van der Waals surface area contributed by atoms with Crippen LogP contribution in [0, 0.1) is 5.82 Å². The van der Waals surface area contributed by atoms with E-state index in [1.807, 2.05) is 11.0 Å². The van der Waals surface area contributed by atoms with Crippen molar-refractivity contribution in [2.75, 3.05) is 44.3 Å². The Bertz CT molecular complexity index is 631. The molecule has 3 heterocycles. The summed E-state index contributed by atoms with van der Waals surface area (Å²) in [6.45, 7) is 4.02. The van der Waals surface area contributed by atoms with Crippen molar-refractivity contribution in [3.8, 4) is 0 Å². The zero-order valence-electron chi connectivity index (χ0n) is 14.5. The predicted octanol–water partition coefficient (Wildman–Crippen LogP) is 2.20. The first kappa shape index (κ1) is 16.8. The second-order valence-corrected chi connectivity index (χ2v) is 7.30. The van der Waals surface area contributed by atoms with Crippen molar-refractivity contribution >= 4 is 11.6 Å². The van der Waals surface area contributed by atoms with Crippen molar-refractivity contribution in [3.05, 3.63) is 30.1 Å². The molecule has 6 heteroatoms. The van der Waals surface area contributed by atoms with Gasteiger partial charge < -0.3 is 19.3 Å². The molecule has 0 bridgehead atoms. The maximum Gasteiger partial charge on any atom is 0.251 e. The number of anilines is 1. The van der Waals surface area contributed by atoms with Gasteiger partial charge in [0.05, 0.1) is 13.2 Å². The summed E-state index contributed by atoms with van der Waals surface area (Å²) in [5.74, 6) is -0.125. The number of amides is 1. The third-order valence-electron chi connectivity index (χ3n) is 5.48. The minimum Gasteiger partial charge on any atom is -0.369 e. The highest BCUT2D eigenvalue weighted by molar-refractivity contribution is 5.81. The van der Waals surface area contributed by atoms with Gasteiger partial charge >= 0.3 is 0 Å². The number of benzene rings is 1. The van der Waals surface area contributed by atoms with Gasteiger partial charge in [0, 0.05) is 31.9 Å². The zero-order chi connectivity index (χ0) is 17.3. The topological polar surface area (TPSA) is 42.0 Å². The van der Waals surface area contributed by atoms with Gasteiger partial charge in [-0.1, -0.05) is 6.07 Å². The van der Waals surface area contributed by atoms with E-state index in [2.05, 4.69) is 4.90 Å². The molecule has 1 aromatic rings. The summed E-state index contributed by atoms with van der Waals surface area (Å²) in [7, 11) is 0. The number of hydrogen-bond acceptors (Lipinski definition) is 4. The fourth-order valence-electron chi connectivity index (χ4n) is 4.25. The van der Waals surface area contributed by atoms with Gasteiger partial charge in [-0.25, -0.2) is 4.39 Å². The van der Waals surface area contributed by atoms with Crippen LogP contribution in [0.3, 0.4) is 0 Å². The van der Waals surface area contributed by atoms with Crippen LogP contribution in [0.15, 0.2) is 24.3 Å². The van der Waals surface area contributed by atoms with Gasteiger partial charge in [-0.15, -0.1) is 0 Å². The highest BCUT2D eigenvalue weighted by atomic mass is 19.1. The van der Waals surface area contributed by atoms with Crippen molar-refractivity contribution in [1.29, 1.82) is 0 Å². The number of piperidine rings is 1. The molecule has 3 fully saturated rings. The number of nitrogens with zero attached hydrogens (tertiary/aromatic N) is 2. The Labute approximate surface area is 147 Å². The standard InChI is InChI=1S/C19H25FN2O3/c20-15-4-1-5-16(12-15)21-8-3-7-19(13-21)14-22(9-11-25-19)18(23)17-6-2-10-24-17/h1,4-5,12,17H,2-3,6-11,13-14H2/t17-,19?/m1/s1. The fraction of sp³-hybridized carbons (Fsp3) is 0.632. The monoisotopic (exact) mass is 348 g/mol. The highest BCUT2D eigenvalue weighted by Gasteiger charge is 2.43. The summed E-state index contributed by atoms with van der Waals surface area (Å²) in [6.07, 6.45) is 3.39. The molecule has 3 saturated heterocycles. The van der Waals surface area contributed by atoms with Gasteiger partial charge in [-0.3, -0.25) is 4.79 Å². The van der Waals surface area contributed by atoms with Crippen molar-refractivity contribution in [2.24, 2.45) is 0 Å². The first-order valence-corrected chi connectivity index (χ1v) is 9.20. The van der Waals surface area contributed by atoms with Crippen molar-refractivity contribution in [1.82, 2.24) is 4.90 Å². The Morgan fingerprint density at radius 2 is 2.12 bits per heavy atom. The molecule has 1 amide bonds. The van der Waals surface area contributed by atoms with E-state index in [1.165, 1.54) is 6.07 Å². The first-order valence-electron chi connectivity index (χ1n) is 9.20. The summed E-state index contributed by atoms with van der Waals surface area (Å²) in [4.78, 5) is 16.8. The van der Waals surface area contributed by atoms with E-state index in [-0.39, 0.29) is 23.4 Å². The summed E-state index contributed by atoms with van der Waals surface area (Å²) < 4.78 is 25.3. The molecule has 0 radical (unpaired) electrons. The SMILES string of the molecule is O=C([C@H]1CCCO1)N1CCOC2(CCCN(c3cccc(F)c3)C2)C1. The van der Waals surface area contributed by atoms with Crippen LogP contribution in [0.2, 0.25) is 0 Å². The predicted molar refractivity (Wildman–Crippen MR) is 92.1 cm³/mol. The molecule has 2 atom stereocenters. The molecule has 0 saturated carbocycles. The van der Waals surface area contributed by atoms with Crippen LogP contribution in [-0.2, 0) is 14.3 Å². The Balaban J connectivity index is 1.47. The van der Waals surface area contributed by atoms with E-state index in [4.69, 9.17) is 9.47 Å². The molecule has 0 N–H and O–H groups in total. The fourth-order valence-corrected chi connectivity index (χ4v) is 4.25. The Morgan fingerprint density at radius 1 is 1.20 bits per heavy atom. The third-order valence-corrected chi connectivity index (χ3v) is 5.48. The van der Waals surface area contributed by atoms with E-state index < -0.39 is 0 Å². The van der Waals surface area contributed by atoms with Gasteiger partial charge in [-0.2, -0.15) is 0 Å². The molecule has 0 aliphatic carbocycles. The minimum atomic E-state index is -0.364. The van der Waals surface area contributed by atoms with Crippen LogP contribution in [0.1, 0.15) is 25.7 Å². The Morgan fingerprint density at radius 3 is 2.92 bits per heavy atom. The normalized spacial score (nSPS) is 30.0. The maximum absolute atomic E-state index is 13.6. The summed E-state index contributed by atoms with van der Waals surface area (Å²) in [5.41, 5.74) is 0.516. The first-order chi connectivity index (χ1) is 12.2. The van der Waals surface area contributed by atoms with E-state index in [0.717, 1.165) is 37.9 Å². The van der Waals surface area contributed by atoms with Crippen LogP contribution in [-0.4, -0.2) is 61.9 Å². The molecule has 1 unspecified atom stereocenters. The van der Waals surface area contributed by atoms with Gasteiger partial charge in [0.2, 0.25) is 0 Å². The molecule has 25 heavy (non-hydrogen) atoms. The van der Waals surface area contributed by atoms with Crippen LogP contribution in [0.5, 0.6) is 0 Å².